The van der Waals surface area contributed by atoms with Gasteiger partial charge in [-0.3, -0.25) is 0 Å². The van der Waals surface area contributed by atoms with Gasteiger partial charge in [0.15, 0.2) is 11.9 Å². The first-order valence-corrected chi connectivity index (χ1v) is 6.12. The summed E-state index contributed by atoms with van der Waals surface area (Å²) >= 11 is 3.30. The monoisotopic (exact) mass is 310 g/mol. The number of aryl methyl sites for hydroxylation is 1. The molecule has 0 saturated heterocycles. The number of hydrogen-bond donors (Lipinski definition) is 0. The van der Waals surface area contributed by atoms with Crippen LogP contribution in [0.25, 0.3) is 0 Å². The molecule has 0 radical (unpaired) electrons. The van der Waals surface area contributed by atoms with Crippen LogP contribution in [0.2, 0.25) is 0 Å². The van der Waals surface area contributed by atoms with E-state index in [2.05, 4.69) is 26.1 Å². The number of nitrogens with zero attached hydrogens (tertiary/aromatic N) is 2. The molecule has 2 rings (SSSR count). The summed E-state index contributed by atoms with van der Waals surface area (Å²) in [6, 6.07) is 6.91. The Hall–Kier alpha value is -1.69. The van der Waals surface area contributed by atoms with Gasteiger partial charge in [0, 0.05) is 4.47 Å². The van der Waals surface area contributed by atoms with Gasteiger partial charge in [0.25, 0.3) is 5.89 Å². The van der Waals surface area contributed by atoms with Crippen molar-refractivity contribution < 1.29 is 14.1 Å². The van der Waals surface area contributed by atoms with Gasteiger partial charge >= 0.3 is 5.97 Å². The minimum atomic E-state index is -0.567. The summed E-state index contributed by atoms with van der Waals surface area (Å²) in [5.41, 5.74) is 0.473. The number of esters is 1. The first-order valence-electron chi connectivity index (χ1n) is 5.33. The van der Waals surface area contributed by atoms with Gasteiger partial charge in [-0.15, -0.1) is 0 Å². The first kappa shape index (κ1) is 12.8. The molecule has 1 heterocycles. The molecule has 0 aliphatic heterocycles. The lowest BCUT2D eigenvalue weighted by Crippen LogP contribution is -2.09. The van der Waals surface area contributed by atoms with E-state index < -0.39 is 12.1 Å². The molecular weight excluding hydrogens is 300 g/mol. The molecule has 0 aliphatic carbocycles. The summed E-state index contributed by atoms with van der Waals surface area (Å²) in [5, 5.41) is 3.65. The predicted octanol–water partition coefficient (Wildman–Crippen LogP) is 3.06. The number of halogens is 1. The van der Waals surface area contributed by atoms with Crippen LogP contribution in [-0.4, -0.2) is 16.1 Å². The second-order valence-corrected chi connectivity index (χ2v) is 4.65. The molecule has 2 aromatic rings. The third-order valence-electron chi connectivity index (χ3n) is 2.25. The van der Waals surface area contributed by atoms with E-state index in [0.29, 0.717) is 11.4 Å². The number of carbonyl (C=O) groups is 1. The molecule has 0 spiro atoms. The van der Waals surface area contributed by atoms with E-state index in [9.17, 15) is 4.79 Å². The van der Waals surface area contributed by atoms with Gasteiger partial charge < -0.3 is 9.26 Å². The van der Waals surface area contributed by atoms with Crippen LogP contribution in [-0.2, 0) is 4.74 Å². The number of carbonyl (C=O) groups excluding carboxylic acids is 1. The average molecular weight is 311 g/mol. The Morgan fingerprint density at radius 1 is 1.39 bits per heavy atom. The lowest BCUT2D eigenvalue weighted by Gasteiger charge is -2.08. The molecule has 1 aromatic carbocycles. The minimum Gasteiger partial charge on any atom is -0.449 e. The van der Waals surface area contributed by atoms with Crippen molar-refractivity contribution in [3.8, 4) is 0 Å². The molecule has 94 valence electrons. The van der Waals surface area contributed by atoms with Crippen LogP contribution in [0.5, 0.6) is 0 Å². The molecule has 0 bridgehead atoms. The third-order valence-corrected chi connectivity index (χ3v) is 2.78. The van der Waals surface area contributed by atoms with Crippen molar-refractivity contribution in [3.63, 3.8) is 0 Å². The molecule has 0 saturated carbocycles. The third kappa shape index (κ3) is 2.95. The molecule has 6 heteroatoms. The van der Waals surface area contributed by atoms with Crippen LogP contribution in [0, 0.1) is 6.92 Å². The van der Waals surface area contributed by atoms with Crippen LogP contribution in [0.1, 0.15) is 35.1 Å². The highest BCUT2D eigenvalue weighted by Crippen LogP contribution is 2.18. The highest BCUT2D eigenvalue weighted by atomic mass is 79.9. The number of hydrogen-bond acceptors (Lipinski definition) is 5. The second kappa shape index (κ2) is 5.30. The molecule has 0 N–H and O–H groups in total. The van der Waals surface area contributed by atoms with Gasteiger partial charge in [-0.1, -0.05) is 21.1 Å². The molecular formula is C12H11BrN2O3. The van der Waals surface area contributed by atoms with Gasteiger partial charge in [0.2, 0.25) is 0 Å². The average Bonchev–Trinajstić information content (AvgIpc) is 2.76. The van der Waals surface area contributed by atoms with Crippen LogP contribution >= 0.6 is 15.9 Å². The summed E-state index contributed by atoms with van der Waals surface area (Å²) in [6.45, 7) is 3.39. The van der Waals surface area contributed by atoms with Gasteiger partial charge in [-0.2, -0.15) is 4.98 Å². The zero-order chi connectivity index (χ0) is 13.1. The van der Waals surface area contributed by atoms with E-state index in [4.69, 9.17) is 9.26 Å². The lowest BCUT2D eigenvalue weighted by molar-refractivity contribution is 0.0265. The quantitative estimate of drug-likeness (QED) is 0.815. The molecule has 1 aromatic heterocycles. The second-order valence-electron chi connectivity index (χ2n) is 3.73. The van der Waals surface area contributed by atoms with Crippen molar-refractivity contribution in [3.05, 3.63) is 46.0 Å². The molecule has 0 amide bonds. The molecule has 0 aliphatic rings. The maximum atomic E-state index is 11.8. The van der Waals surface area contributed by atoms with E-state index in [-0.39, 0.29) is 5.89 Å². The van der Waals surface area contributed by atoms with Crippen LogP contribution in [0.15, 0.2) is 33.3 Å². The van der Waals surface area contributed by atoms with Crippen molar-refractivity contribution >= 4 is 21.9 Å². The number of benzene rings is 1. The van der Waals surface area contributed by atoms with E-state index in [1.165, 1.54) is 0 Å². The van der Waals surface area contributed by atoms with E-state index in [1.54, 1.807) is 38.1 Å². The summed E-state index contributed by atoms with van der Waals surface area (Å²) in [6.07, 6.45) is -0.567. The standard InChI is InChI=1S/C12H11BrN2O3/c1-7(11-14-8(2)15-18-11)17-12(16)9-3-5-10(13)6-4-9/h3-7H,1-2H3. The molecule has 1 unspecified atom stereocenters. The maximum Gasteiger partial charge on any atom is 0.338 e. The largest absolute Gasteiger partial charge is 0.449 e. The summed E-state index contributed by atoms with van der Waals surface area (Å²) in [7, 11) is 0. The van der Waals surface area contributed by atoms with Crippen molar-refractivity contribution in [2.45, 2.75) is 20.0 Å². The van der Waals surface area contributed by atoms with E-state index in [0.717, 1.165) is 4.47 Å². The van der Waals surface area contributed by atoms with Crippen molar-refractivity contribution in [1.29, 1.82) is 0 Å². The highest BCUT2D eigenvalue weighted by molar-refractivity contribution is 9.10. The SMILES string of the molecule is Cc1noc(C(C)OC(=O)c2ccc(Br)cc2)n1. The smallest absolute Gasteiger partial charge is 0.338 e. The van der Waals surface area contributed by atoms with Crippen LogP contribution in [0.3, 0.4) is 0 Å². The highest BCUT2D eigenvalue weighted by Gasteiger charge is 2.18. The van der Waals surface area contributed by atoms with Crippen molar-refractivity contribution in [2.75, 3.05) is 0 Å². The first-order chi connectivity index (χ1) is 8.56. The van der Waals surface area contributed by atoms with Gasteiger partial charge in [-0.05, 0) is 38.1 Å². The topological polar surface area (TPSA) is 65.2 Å². The fourth-order valence-electron chi connectivity index (χ4n) is 1.34. The molecule has 18 heavy (non-hydrogen) atoms. The minimum absolute atomic E-state index is 0.290. The van der Waals surface area contributed by atoms with Crippen LogP contribution in [0.4, 0.5) is 0 Å². The molecule has 1 atom stereocenters. The van der Waals surface area contributed by atoms with E-state index in [1.807, 2.05) is 0 Å². The Bertz CT molecular complexity index is 551. The van der Waals surface area contributed by atoms with Gasteiger partial charge in [0.05, 0.1) is 5.56 Å². The lowest BCUT2D eigenvalue weighted by atomic mass is 10.2. The van der Waals surface area contributed by atoms with Crippen molar-refractivity contribution in [1.82, 2.24) is 10.1 Å². The summed E-state index contributed by atoms with van der Waals surface area (Å²) in [5.74, 6) is 0.375. The predicted molar refractivity (Wildman–Crippen MR) is 67.0 cm³/mol. The van der Waals surface area contributed by atoms with Gasteiger partial charge in [0.1, 0.15) is 0 Å². The normalized spacial score (nSPS) is 12.2. The Morgan fingerprint density at radius 3 is 2.61 bits per heavy atom. The van der Waals surface area contributed by atoms with Gasteiger partial charge in [-0.25, -0.2) is 4.79 Å². The zero-order valence-corrected chi connectivity index (χ0v) is 11.5. The van der Waals surface area contributed by atoms with E-state index >= 15 is 0 Å². The maximum absolute atomic E-state index is 11.8. The number of rotatable bonds is 3. The Kier molecular flexibility index (Phi) is 3.76. The number of aromatic nitrogens is 2. The zero-order valence-electron chi connectivity index (χ0n) is 9.88. The molecule has 0 fully saturated rings. The van der Waals surface area contributed by atoms with Crippen molar-refractivity contribution in [2.24, 2.45) is 0 Å². The van der Waals surface area contributed by atoms with Crippen LogP contribution < -0.4 is 0 Å². The number of ether oxygens (including phenoxy) is 1. The Morgan fingerprint density at radius 2 is 2.06 bits per heavy atom. The fraction of sp³-hybridized carbons (Fsp3) is 0.250. The summed E-state index contributed by atoms with van der Waals surface area (Å²) < 4.78 is 11.1. The Labute approximate surface area is 112 Å². The molecule has 5 nitrogen and oxygen atoms in total. The fourth-order valence-corrected chi connectivity index (χ4v) is 1.61. The summed E-state index contributed by atoms with van der Waals surface area (Å²) in [4.78, 5) is 15.8. The Balaban J connectivity index is 2.05.